The van der Waals surface area contributed by atoms with Gasteiger partial charge in [0.25, 0.3) is 0 Å². The molecule has 1 saturated heterocycles. The molecule has 3 nitrogen and oxygen atoms in total. The van der Waals surface area contributed by atoms with Crippen LogP contribution in [0.15, 0.2) is 24.3 Å². The molecule has 0 spiro atoms. The predicted molar refractivity (Wildman–Crippen MR) is 81.1 cm³/mol. The number of piperazine rings is 1. The van der Waals surface area contributed by atoms with Gasteiger partial charge in [-0.05, 0) is 51.5 Å². The average Bonchev–Trinajstić information content (AvgIpc) is 2.39. The van der Waals surface area contributed by atoms with Crippen molar-refractivity contribution >= 4 is 5.69 Å². The van der Waals surface area contributed by atoms with Gasteiger partial charge >= 0.3 is 0 Å². The predicted octanol–water partition coefficient (Wildman–Crippen LogP) is 3.05. The Hall–Kier alpha value is -1.22. The van der Waals surface area contributed by atoms with Crippen LogP contribution in [-0.4, -0.2) is 31.3 Å². The Labute approximate surface area is 116 Å². The standard InChI is InChI=1S/C16H26N2O/c1-5-16(4)12-18(11-10-17-16)14-6-8-15(9-7-14)19-13(2)3/h6-9,13,17H,5,10-12H2,1-4H3. The monoisotopic (exact) mass is 262 g/mol. The molecule has 2 rings (SSSR count). The number of hydrogen-bond acceptors (Lipinski definition) is 3. The van der Waals surface area contributed by atoms with E-state index in [9.17, 15) is 0 Å². The molecule has 19 heavy (non-hydrogen) atoms. The summed E-state index contributed by atoms with van der Waals surface area (Å²) in [7, 11) is 0. The molecule has 0 amide bonds. The second-order valence-corrected chi connectivity index (χ2v) is 5.92. The molecule has 1 aromatic rings. The number of rotatable bonds is 4. The van der Waals surface area contributed by atoms with Gasteiger partial charge in [-0.2, -0.15) is 0 Å². The van der Waals surface area contributed by atoms with Gasteiger partial charge in [-0.1, -0.05) is 6.92 Å². The molecular weight excluding hydrogens is 236 g/mol. The summed E-state index contributed by atoms with van der Waals surface area (Å²) in [5.74, 6) is 0.951. The second-order valence-electron chi connectivity index (χ2n) is 5.92. The number of benzene rings is 1. The van der Waals surface area contributed by atoms with Crippen molar-refractivity contribution in [2.24, 2.45) is 0 Å². The zero-order chi connectivity index (χ0) is 13.9. The average molecular weight is 262 g/mol. The summed E-state index contributed by atoms with van der Waals surface area (Å²) < 4.78 is 5.69. The van der Waals surface area contributed by atoms with Crippen molar-refractivity contribution in [3.63, 3.8) is 0 Å². The van der Waals surface area contributed by atoms with E-state index >= 15 is 0 Å². The molecule has 0 aromatic heterocycles. The Morgan fingerprint density at radius 2 is 2.00 bits per heavy atom. The van der Waals surface area contributed by atoms with E-state index in [0.29, 0.717) is 0 Å². The Kier molecular flexibility index (Phi) is 4.35. The van der Waals surface area contributed by atoms with Crippen LogP contribution < -0.4 is 15.0 Å². The summed E-state index contributed by atoms with van der Waals surface area (Å²) in [6, 6.07) is 8.47. The zero-order valence-corrected chi connectivity index (χ0v) is 12.6. The largest absolute Gasteiger partial charge is 0.491 e. The van der Waals surface area contributed by atoms with E-state index < -0.39 is 0 Å². The van der Waals surface area contributed by atoms with Crippen LogP contribution in [-0.2, 0) is 0 Å². The van der Waals surface area contributed by atoms with Gasteiger partial charge in [0.1, 0.15) is 5.75 Å². The number of ether oxygens (including phenoxy) is 1. The molecule has 1 aliphatic rings. The van der Waals surface area contributed by atoms with Crippen LogP contribution in [0.4, 0.5) is 5.69 Å². The van der Waals surface area contributed by atoms with E-state index in [1.165, 1.54) is 5.69 Å². The van der Waals surface area contributed by atoms with Gasteiger partial charge in [-0.25, -0.2) is 0 Å². The van der Waals surface area contributed by atoms with Gasteiger partial charge in [0.2, 0.25) is 0 Å². The molecular formula is C16H26N2O. The summed E-state index contributed by atoms with van der Waals surface area (Å²) in [6.07, 6.45) is 1.38. The molecule has 106 valence electrons. The van der Waals surface area contributed by atoms with Gasteiger partial charge in [0.05, 0.1) is 6.10 Å². The van der Waals surface area contributed by atoms with Crippen molar-refractivity contribution in [2.75, 3.05) is 24.5 Å². The van der Waals surface area contributed by atoms with Crippen LogP contribution in [0.25, 0.3) is 0 Å². The number of hydrogen-bond donors (Lipinski definition) is 1. The van der Waals surface area contributed by atoms with E-state index in [-0.39, 0.29) is 11.6 Å². The van der Waals surface area contributed by atoms with Crippen LogP contribution in [0.5, 0.6) is 5.75 Å². The van der Waals surface area contributed by atoms with E-state index in [2.05, 4.69) is 62.2 Å². The Bertz CT molecular complexity index is 402. The Balaban J connectivity index is 2.05. The summed E-state index contributed by atoms with van der Waals surface area (Å²) >= 11 is 0. The highest BCUT2D eigenvalue weighted by molar-refractivity contribution is 5.50. The maximum absolute atomic E-state index is 5.69. The van der Waals surface area contributed by atoms with Crippen molar-refractivity contribution in [1.82, 2.24) is 5.32 Å². The minimum atomic E-state index is 0.228. The third-order valence-electron chi connectivity index (χ3n) is 3.83. The van der Waals surface area contributed by atoms with Gasteiger partial charge < -0.3 is 15.0 Å². The van der Waals surface area contributed by atoms with Crippen LogP contribution in [0, 0.1) is 0 Å². The van der Waals surface area contributed by atoms with Crippen LogP contribution >= 0.6 is 0 Å². The van der Waals surface area contributed by atoms with Crippen LogP contribution in [0.1, 0.15) is 34.1 Å². The lowest BCUT2D eigenvalue weighted by Gasteiger charge is -2.42. The van der Waals surface area contributed by atoms with E-state index in [1.807, 2.05) is 0 Å². The number of anilines is 1. The normalized spacial score (nSPS) is 23.7. The van der Waals surface area contributed by atoms with Crippen molar-refractivity contribution in [1.29, 1.82) is 0 Å². The summed E-state index contributed by atoms with van der Waals surface area (Å²) in [6.45, 7) is 11.8. The van der Waals surface area contributed by atoms with E-state index in [4.69, 9.17) is 4.74 Å². The molecule has 1 fully saturated rings. The molecule has 1 atom stereocenters. The van der Waals surface area contributed by atoms with Gasteiger partial charge in [-0.15, -0.1) is 0 Å². The first-order chi connectivity index (χ1) is 9.02. The fourth-order valence-corrected chi connectivity index (χ4v) is 2.51. The topological polar surface area (TPSA) is 24.5 Å². The first-order valence-corrected chi connectivity index (χ1v) is 7.29. The molecule has 1 N–H and O–H groups in total. The van der Waals surface area contributed by atoms with Gasteiger partial charge in [0, 0.05) is 30.9 Å². The van der Waals surface area contributed by atoms with E-state index in [0.717, 1.165) is 31.8 Å². The summed E-state index contributed by atoms with van der Waals surface area (Å²) in [5, 5.41) is 3.62. The first kappa shape index (κ1) is 14.2. The van der Waals surface area contributed by atoms with E-state index in [1.54, 1.807) is 0 Å². The summed E-state index contributed by atoms with van der Waals surface area (Å²) in [5.41, 5.74) is 1.52. The van der Waals surface area contributed by atoms with Crippen molar-refractivity contribution in [3.8, 4) is 5.75 Å². The molecule has 0 saturated carbocycles. The Morgan fingerprint density at radius 1 is 1.32 bits per heavy atom. The molecule has 0 bridgehead atoms. The van der Waals surface area contributed by atoms with Gasteiger partial charge in [0.15, 0.2) is 0 Å². The highest BCUT2D eigenvalue weighted by atomic mass is 16.5. The van der Waals surface area contributed by atoms with Crippen LogP contribution in [0.2, 0.25) is 0 Å². The lowest BCUT2D eigenvalue weighted by Crippen LogP contribution is -2.58. The maximum Gasteiger partial charge on any atom is 0.119 e. The molecule has 1 unspecified atom stereocenters. The molecule has 1 aromatic carbocycles. The number of nitrogens with zero attached hydrogens (tertiary/aromatic N) is 1. The molecule has 1 heterocycles. The molecule has 3 heteroatoms. The highest BCUT2D eigenvalue weighted by Gasteiger charge is 2.28. The Morgan fingerprint density at radius 3 is 2.58 bits per heavy atom. The van der Waals surface area contributed by atoms with Crippen LogP contribution in [0.3, 0.4) is 0 Å². The lowest BCUT2D eigenvalue weighted by molar-refractivity contribution is 0.242. The molecule has 1 aliphatic heterocycles. The first-order valence-electron chi connectivity index (χ1n) is 7.29. The van der Waals surface area contributed by atoms with Crippen molar-refractivity contribution in [3.05, 3.63) is 24.3 Å². The quantitative estimate of drug-likeness (QED) is 0.902. The highest BCUT2D eigenvalue weighted by Crippen LogP contribution is 2.24. The minimum Gasteiger partial charge on any atom is -0.491 e. The molecule has 0 radical (unpaired) electrons. The molecule has 0 aliphatic carbocycles. The fourth-order valence-electron chi connectivity index (χ4n) is 2.51. The SMILES string of the molecule is CCC1(C)CN(c2ccc(OC(C)C)cc2)CCN1. The fraction of sp³-hybridized carbons (Fsp3) is 0.625. The minimum absolute atomic E-state index is 0.228. The number of nitrogens with one attached hydrogen (secondary N) is 1. The maximum atomic E-state index is 5.69. The zero-order valence-electron chi connectivity index (χ0n) is 12.6. The third-order valence-corrected chi connectivity index (χ3v) is 3.83. The lowest BCUT2D eigenvalue weighted by atomic mass is 9.95. The smallest absolute Gasteiger partial charge is 0.119 e. The third kappa shape index (κ3) is 3.63. The van der Waals surface area contributed by atoms with Gasteiger partial charge in [-0.3, -0.25) is 0 Å². The van der Waals surface area contributed by atoms with Crippen molar-refractivity contribution < 1.29 is 4.74 Å². The summed E-state index contributed by atoms with van der Waals surface area (Å²) in [4.78, 5) is 2.46. The second kappa shape index (κ2) is 5.83. The van der Waals surface area contributed by atoms with Crippen molar-refractivity contribution in [2.45, 2.75) is 45.8 Å².